The van der Waals surface area contributed by atoms with E-state index in [2.05, 4.69) is 0 Å². The monoisotopic (exact) mass is 325 g/mol. The van der Waals surface area contributed by atoms with Crippen molar-refractivity contribution in [3.05, 3.63) is 29.8 Å². The predicted molar refractivity (Wildman–Crippen MR) is 68.4 cm³/mol. The Morgan fingerprint density at radius 3 is 2.45 bits per heavy atom. The molecule has 1 aliphatic heterocycles. The highest BCUT2D eigenvalue weighted by Crippen LogP contribution is 2.25. The molecule has 0 aliphatic carbocycles. The normalized spacial score (nSPS) is 22.3. The van der Waals surface area contributed by atoms with Gasteiger partial charge in [0, 0.05) is 19.2 Å². The lowest BCUT2D eigenvalue weighted by atomic mass is 10.3. The van der Waals surface area contributed by atoms with E-state index in [-0.39, 0.29) is 17.9 Å². The van der Waals surface area contributed by atoms with Crippen LogP contribution in [0, 0.1) is 11.6 Å². The smallest absolute Gasteiger partial charge is 0.229 e. The molecule has 0 radical (unpaired) electrons. The van der Waals surface area contributed by atoms with Gasteiger partial charge in [-0.3, -0.25) is 0 Å². The molecule has 1 saturated heterocycles. The van der Waals surface area contributed by atoms with Crippen molar-refractivity contribution in [2.24, 2.45) is 0 Å². The van der Waals surface area contributed by atoms with Crippen molar-refractivity contribution in [3.63, 3.8) is 0 Å². The van der Waals surface area contributed by atoms with Gasteiger partial charge in [-0.05, 0) is 18.6 Å². The summed E-state index contributed by atoms with van der Waals surface area (Å²) >= 11 is 0. The van der Waals surface area contributed by atoms with Gasteiger partial charge < -0.3 is 0 Å². The van der Waals surface area contributed by atoms with Crippen LogP contribution in [0.2, 0.25) is 0 Å². The highest BCUT2D eigenvalue weighted by atomic mass is 32.2. The van der Waals surface area contributed by atoms with E-state index in [1.54, 1.807) is 0 Å². The SMILES string of the molecule is CN(C1CCS(=O)(=O)C1)S(=O)(=O)c1ccc(F)cc1F. The summed E-state index contributed by atoms with van der Waals surface area (Å²) in [4.78, 5) is -0.661. The van der Waals surface area contributed by atoms with E-state index in [4.69, 9.17) is 0 Å². The number of hydrogen-bond donors (Lipinski definition) is 0. The Labute approximate surface area is 116 Å². The predicted octanol–water partition coefficient (Wildman–Crippen LogP) is 0.772. The minimum atomic E-state index is -4.19. The second-order valence-electron chi connectivity index (χ2n) is 4.65. The van der Waals surface area contributed by atoms with Gasteiger partial charge in [0.05, 0.1) is 11.5 Å². The fourth-order valence-electron chi connectivity index (χ4n) is 2.10. The van der Waals surface area contributed by atoms with Crippen LogP contribution in [-0.4, -0.2) is 45.7 Å². The molecule has 0 bridgehead atoms. The van der Waals surface area contributed by atoms with Crippen LogP contribution >= 0.6 is 0 Å². The maximum absolute atomic E-state index is 13.6. The Balaban J connectivity index is 2.35. The summed E-state index contributed by atoms with van der Waals surface area (Å²) in [5.41, 5.74) is 0. The molecule has 1 unspecified atom stereocenters. The molecule has 0 aromatic heterocycles. The highest BCUT2D eigenvalue weighted by Gasteiger charge is 2.37. The summed E-state index contributed by atoms with van der Waals surface area (Å²) in [5, 5.41) is 0. The van der Waals surface area contributed by atoms with Crippen molar-refractivity contribution in [2.45, 2.75) is 17.4 Å². The maximum Gasteiger partial charge on any atom is 0.246 e. The van der Waals surface area contributed by atoms with Crippen LogP contribution in [0.1, 0.15) is 6.42 Å². The van der Waals surface area contributed by atoms with E-state index in [0.717, 1.165) is 16.4 Å². The van der Waals surface area contributed by atoms with Gasteiger partial charge in [0.15, 0.2) is 9.84 Å². The number of nitrogens with zero attached hydrogens (tertiary/aromatic N) is 1. The minimum Gasteiger partial charge on any atom is -0.229 e. The zero-order valence-corrected chi connectivity index (χ0v) is 12.2. The summed E-state index contributed by atoms with van der Waals surface area (Å²) in [5.74, 6) is -2.46. The second kappa shape index (κ2) is 5.05. The zero-order valence-electron chi connectivity index (χ0n) is 10.6. The largest absolute Gasteiger partial charge is 0.246 e. The topological polar surface area (TPSA) is 71.5 Å². The molecule has 2 rings (SSSR count). The highest BCUT2D eigenvalue weighted by molar-refractivity contribution is 7.92. The zero-order chi connectivity index (χ0) is 15.1. The standard InChI is InChI=1S/C11H13F2NO4S2/c1-14(9-4-5-19(15,16)7-9)20(17,18)11-3-2-8(12)6-10(11)13/h2-3,6,9H,4-5,7H2,1H3. The minimum absolute atomic E-state index is 0.0938. The quantitative estimate of drug-likeness (QED) is 0.823. The number of hydrogen-bond acceptors (Lipinski definition) is 4. The lowest BCUT2D eigenvalue weighted by Gasteiger charge is -2.22. The van der Waals surface area contributed by atoms with E-state index >= 15 is 0 Å². The third-order valence-electron chi connectivity index (χ3n) is 3.27. The molecule has 0 spiro atoms. The number of rotatable bonds is 3. The van der Waals surface area contributed by atoms with Gasteiger partial charge in [-0.2, -0.15) is 4.31 Å². The average Bonchev–Trinajstić information content (AvgIpc) is 2.68. The molecule has 1 heterocycles. The number of benzene rings is 1. The number of halogens is 2. The average molecular weight is 325 g/mol. The van der Waals surface area contributed by atoms with Crippen LogP contribution in [0.4, 0.5) is 8.78 Å². The third kappa shape index (κ3) is 2.84. The van der Waals surface area contributed by atoms with Crippen LogP contribution < -0.4 is 0 Å². The van der Waals surface area contributed by atoms with Crippen molar-refractivity contribution in [2.75, 3.05) is 18.6 Å². The van der Waals surface area contributed by atoms with E-state index < -0.39 is 42.4 Å². The van der Waals surface area contributed by atoms with Gasteiger partial charge in [0.25, 0.3) is 0 Å². The van der Waals surface area contributed by atoms with Gasteiger partial charge in [0.2, 0.25) is 10.0 Å². The molecule has 0 saturated carbocycles. The molecule has 1 atom stereocenters. The van der Waals surface area contributed by atoms with E-state index in [0.29, 0.717) is 6.07 Å². The van der Waals surface area contributed by atoms with Gasteiger partial charge in [-0.1, -0.05) is 0 Å². The second-order valence-corrected chi connectivity index (χ2v) is 8.85. The Kier molecular flexibility index (Phi) is 3.87. The van der Waals surface area contributed by atoms with E-state index in [1.165, 1.54) is 7.05 Å². The fourth-order valence-corrected chi connectivity index (χ4v) is 5.39. The molecule has 112 valence electrons. The Hall–Kier alpha value is -1.06. The first kappa shape index (κ1) is 15.3. The lowest BCUT2D eigenvalue weighted by Crippen LogP contribution is -2.38. The van der Waals surface area contributed by atoms with Crippen LogP contribution in [0.15, 0.2) is 23.1 Å². The summed E-state index contributed by atoms with van der Waals surface area (Å²) in [6.45, 7) is 0. The fraction of sp³-hybridized carbons (Fsp3) is 0.455. The van der Waals surface area contributed by atoms with Crippen LogP contribution in [0.5, 0.6) is 0 Å². The molecule has 5 nitrogen and oxygen atoms in total. The molecule has 1 fully saturated rings. The van der Waals surface area contributed by atoms with Crippen molar-refractivity contribution >= 4 is 19.9 Å². The van der Waals surface area contributed by atoms with Crippen molar-refractivity contribution in [1.82, 2.24) is 4.31 Å². The number of sulfone groups is 1. The molecule has 9 heteroatoms. The number of sulfonamides is 1. The van der Waals surface area contributed by atoms with Gasteiger partial charge >= 0.3 is 0 Å². The Morgan fingerprint density at radius 2 is 1.95 bits per heavy atom. The first-order valence-electron chi connectivity index (χ1n) is 5.77. The van der Waals surface area contributed by atoms with Crippen molar-refractivity contribution in [1.29, 1.82) is 0 Å². The lowest BCUT2D eigenvalue weighted by molar-refractivity contribution is 0.391. The van der Waals surface area contributed by atoms with Crippen molar-refractivity contribution in [3.8, 4) is 0 Å². The van der Waals surface area contributed by atoms with Gasteiger partial charge in [0.1, 0.15) is 16.5 Å². The van der Waals surface area contributed by atoms with E-state index in [9.17, 15) is 25.6 Å². The van der Waals surface area contributed by atoms with Crippen LogP contribution in [0.25, 0.3) is 0 Å². The Bertz CT molecular complexity index is 731. The summed E-state index contributed by atoms with van der Waals surface area (Å²) in [6.07, 6.45) is 0.168. The third-order valence-corrected chi connectivity index (χ3v) is 6.97. The maximum atomic E-state index is 13.6. The van der Waals surface area contributed by atoms with Crippen LogP contribution in [-0.2, 0) is 19.9 Å². The first-order chi connectivity index (χ1) is 9.13. The first-order valence-corrected chi connectivity index (χ1v) is 9.03. The summed E-state index contributed by atoms with van der Waals surface area (Å²) in [7, 11) is -6.25. The summed E-state index contributed by atoms with van der Waals surface area (Å²) in [6, 6.07) is 1.43. The summed E-state index contributed by atoms with van der Waals surface area (Å²) < 4.78 is 74.4. The molecule has 20 heavy (non-hydrogen) atoms. The molecule has 0 amide bonds. The molecular formula is C11H13F2NO4S2. The molecular weight excluding hydrogens is 312 g/mol. The van der Waals surface area contributed by atoms with Gasteiger partial charge in [-0.15, -0.1) is 0 Å². The Morgan fingerprint density at radius 1 is 1.30 bits per heavy atom. The van der Waals surface area contributed by atoms with Crippen LogP contribution in [0.3, 0.4) is 0 Å². The molecule has 1 aliphatic rings. The van der Waals surface area contributed by atoms with E-state index in [1.807, 2.05) is 0 Å². The molecule has 1 aromatic carbocycles. The molecule has 1 aromatic rings. The van der Waals surface area contributed by atoms with Gasteiger partial charge in [-0.25, -0.2) is 25.6 Å². The van der Waals surface area contributed by atoms with Crippen molar-refractivity contribution < 1.29 is 25.6 Å². The molecule has 0 N–H and O–H groups in total.